The minimum absolute atomic E-state index is 0. The van der Waals surface area contributed by atoms with E-state index in [2.05, 4.69) is 0 Å². The van der Waals surface area contributed by atoms with Gasteiger partial charge in [0.15, 0.2) is 0 Å². The summed E-state index contributed by atoms with van der Waals surface area (Å²) in [6, 6.07) is 4.57. The van der Waals surface area contributed by atoms with Crippen molar-refractivity contribution in [1.82, 2.24) is 0 Å². The first-order chi connectivity index (χ1) is 6.50. The molecular weight excluding hydrogens is 205 g/mol. The van der Waals surface area contributed by atoms with Crippen molar-refractivity contribution >= 4 is 11.7 Å². The molecule has 1 rings (SSSR count). The minimum Gasteiger partial charge on any atom is -0.550 e. The first-order valence-corrected chi connectivity index (χ1v) is 4.20. The molecule has 0 spiro atoms. The van der Waals surface area contributed by atoms with Crippen LogP contribution in [0.2, 0.25) is 0 Å². The average Bonchev–Trinajstić information content (AvgIpc) is 2.07. The summed E-state index contributed by atoms with van der Waals surface area (Å²) >= 11 is 0. The van der Waals surface area contributed by atoms with Gasteiger partial charge in [-0.15, -0.1) is 0 Å². The van der Waals surface area contributed by atoms with Gasteiger partial charge in [0, 0.05) is 38.2 Å². The average molecular weight is 217 g/mol. The zero-order valence-corrected chi connectivity index (χ0v) is 11.2. The van der Waals surface area contributed by atoms with Crippen molar-refractivity contribution in [3.05, 3.63) is 23.8 Å². The van der Waals surface area contributed by atoms with Gasteiger partial charge < -0.3 is 19.9 Å². The molecule has 0 saturated carbocycles. The third-order valence-electron chi connectivity index (χ3n) is 1.89. The maximum Gasteiger partial charge on any atom is 1.00 e. The van der Waals surface area contributed by atoms with Gasteiger partial charge in [-0.2, -0.15) is 0 Å². The molecule has 0 aliphatic heterocycles. The molecule has 4 nitrogen and oxygen atoms in total. The molecule has 0 saturated heterocycles. The molecule has 0 heterocycles. The van der Waals surface area contributed by atoms with Gasteiger partial charge in [0.25, 0.3) is 0 Å². The molecule has 0 bridgehead atoms. The third-order valence-corrected chi connectivity index (χ3v) is 1.89. The van der Waals surface area contributed by atoms with Gasteiger partial charge in [-0.05, 0) is 11.6 Å². The first-order valence-electron chi connectivity index (χ1n) is 4.20. The smallest absolute Gasteiger partial charge is 0.550 e. The SMILES string of the molecule is CN(C)c1cc(O)ccc1CC(=O)[O-].[Na+]. The summed E-state index contributed by atoms with van der Waals surface area (Å²) in [4.78, 5) is 12.2. The third kappa shape index (κ3) is 4.11. The standard InChI is InChI=1S/C10H13NO3.Na/c1-11(2)9-6-8(12)4-3-7(9)5-10(13)14;/h3-4,6,12H,5H2,1-2H3,(H,13,14);/q;+1/p-1. The Morgan fingerprint density at radius 2 is 2.07 bits per heavy atom. The number of carbonyl (C=O) groups is 1. The molecule has 76 valence electrons. The molecule has 0 aromatic heterocycles. The summed E-state index contributed by atoms with van der Waals surface area (Å²) in [5, 5.41) is 19.7. The molecule has 0 atom stereocenters. The van der Waals surface area contributed by atoms with Gasteiger partial charge in [0.1, 0.15) is 5.75 Å². The van der Waals surface area contributed by atoms with Crippen LogP contribution >= 0.6 is 0 Å². The van der Waals surface area contributed by atoms with Crippen LogP contribution in [-0.2, 0) is 11.2 Å². The molecular formula is C10H12NNaO3. The van der Waals surface area contributed by atoms with Crippen molar-refractivity contribution in [3.8, 4) is 5.75 Å². The Bertz CT molecular complexity index is 353. The topological polar surface area (TPSA) is 63.6 Å². The maximum atomic E-state index is 10.4. The molecule has 0 aliphatic carbocycles. The van der Waals surface area contributed by atoms with Crippen LogP contribution in [0.3, 0.4) is 0 Å². The van der Waals surface area contributed by atoms with E-state index < -0.39 is 5.97 Å². The van der Waals surface area contributed by atoms with E-state index in [1.54, 1.807) is 25.1 Å². The quantitative estimate of drug-likeness (QED) is 0.540. The number of hydrogen-bond acceptors (Lipinski definition) is 4. The number of hydrogen-bond donors (Lipinski definition) is 1. The van der Waals surface area contributed by atoms with Gasteiger partial charge in [0.05, 0.1) is 0 Å². The van der Waals surface area contributed by atoms with E-state index in [1.165, 1.54) is 12.1 Å². The van der Waals surface area contributed by atoms with E-state index in [9.17, 15) is 15.0 Å². The number of aromatic hydroxyl groups is 1. The van der Waals surface area contributed by atoms with Crippen LogP contribution in [0.15, 0.2) is 18.2 Å². The van der Waals surface area contributed by atoms with Gasteiger partial charge in [-0.3, -0.25) is 0 Å². The van der Waals surface area contributed by atoms with E-state index in [0.717, 1.165) is 0 Å². The molecule has 15 heavy (non-hydrogen) atoms. The van der Waals surface area contributed by atoms with Crippen molar-refractivity contribution in [1.29, 1.82) is 0 Å². The van der Waals surface area contributed by atoms with E-state index in [-0.39, 0.29) is 41.7 Å². The Labute approximate surface area is 111 Å². The van der Waals surface area contributed by atoms with Crippen molar-refractivity contribution in [2.24, 2.45) is 0 Å². The zero-order valence-electron chi connectivity index (χ0n) is 9.15. The van der Waals surface area contributed by atoms with E-state index in [1.807, 2.05) is 0 Å². The van der Waals surface area contributed by atoms with Crippen LogP contribution in [0.5, 0.6) is 5.75 Å². The molecule has 0 amide bonds. The summed E-state index contributed by atoms with van der Waals surface area (Å²) in [5.74, 6) is -1.01. The normalized spacial score (nSPS) is 9.20. The Balaban J connectivity index is 0.00000196. The first kappa shape index (κ1) is 14.3. The van der Waals surface area contributed by atoms with E-state index in [0.29, 0.717) is 11.3 Å². The molecule has 0 unspecified atom stereocenters. The Kier molecular flexibility index (Phi) is 5.72. The fraction of sp³-hybridized carbons (Fsp3) is 0.300. The Hall–Kier alpha value is -0.710. The number of carboxylic acid groups (broad SMARTS) is 1. The number of anilines is 1. The van der Waals surface area contributed by atoms with E-state index >= 15 is 0 Å². The van der Waals surface area contributed by atoms with Gasteiger partial charge in [-0.25, -0.2) is 0 Å². The number of rotatable bonds is 3. The summed E-state index contributed by atoms with van der Waals surface area (Å²) in [6.45, 7) is 0. The second-order valence-electron chi connectivity index (χ2n) is 3.26. The number of carbonyl (C=O) groups excluding carboxylic acids is 1. The summed E-state index contributed by atoms with van der Waals surface area (Å²) in [5.41, 5.74) is 1.32. The van der Waals surface area contributed by atoms with Crippen LogP contribution in [0, 0.1) is 0 Å². The zero-order chi connectivity index (χ0) is 10.7. The maximum absolute atomic E-state index is 10.4. The van der Waals surface area contributed by atoms with Crippen molar-refractivity contribution in [3.63, 3.8) is 0 Å². The fourth-order valence-electron chi connectivity index (χ4n) is 1.27. The van der Waals surface area contributed by atoms with Crippen molar-refractivity contribution in [2.45, 2.75) is 6.42 Å². The largest absolute Gasteiger partial charge is 1.00 e. The molecule has 1 aromatic rings. The number of nitrogens with zero attached hydrogens (tertiary/aromatic N) is 1. The van der Waals surface area contributed by atoms with E-state index in [4.69, 9.17) is 0 Å². The second kappa shape index (κ2) is 6.00. The molecule has 0 aliphatic rings. The number of aliphatic carboxylic acids is 1. The number of phenols is 1. The fourth-order valence-corrected chi connectivity index (χ4v) is 1.27. The van der Waals surface area contributed by atoms with Crippen LogP contribution in [0.25, 0.3) is 0 Å². The summed E-state index contributed by atoms with van der Waals surface area (Å²) in [6.07, 6.45) is -0.145. The molecule has 0 radical (unpaired) electrons. The molecule has 0 fully saturated rings. The Morgan fingerprint density at radius 3 is 2.53 bits per heavy atom. The monoisotopic (exact) mass is 217 g/mol. The van der Waals surface area contributed by atoms with Crippen molar-refractivity contribution in [2.75, 3.05) is 19.0 Å². The van der Waals surface area contributed by atoms with Crippen molar-refractivity contribution < 1.29 is 44.6 Å². The molecule has 5 heteroatoms. The molecule has 1 aromatic carbocycles. The number of phenolic OH excluding ortho intramolecular Hbond substituents is 1. The predicted molar refractivity (Wildman–Crippen MR) is 51.1 cm³/mol. The summed E-state index contributed by atoms with van der Waals surface area (Å²) < 4.78 is 0. The summed E-state index contributed by atoms with van der Waals surface area (Å²) in [7, 11) is 3.57. The number of benzene rings is 1. The minimum atomic E-state index is -1.13. The van der Waals surface area contributed by atoms with Gasteiger partial charge in [-0.1, -0.05) is 6.07 Å². The second-order valence-corrected chi connectivity index (χ2v) is 3.26. The number of carboxylic acids is 1. The van der Waals surface area contributed by atoms with Crippen LogP contribution < -0.4 is 39.6 Å². The molecule has 1 N–H and O–H groups in total. The predicted octanol–water partition coefficient (Wildman–Crippen LogP) is -3.25. The van der Waals surface area contributed by atoms with Crippen LogP contribution in [-0.4, -0.2) is 25.2 Å². The van der Waals surface area contributed by atoms with Gasteiger partial charge >= 0.3 is 29.6 Å². The van der Waals surface area contributed by atoms with Crippen LogP contribution in [0.1, 0.15) is 5.56 Å². The van der Waals surface area contributed by atoms with Gasteiger partial charge in [0.2, 0.25) is 0 Å². The Morgan fingerprint density at radius 1 is 1.47 bits per heavy atom. The van der Waals surface area contributed by atoms with Crippen LogP contribution in [0.4, 0.5) is 5.69 Å².